The molecule has 2 N–H and O–H groups in total. The smallest absolute Gasteiger partial charge is 0.255 e. The Bertz CT molecular complexity index is 1060. The van der Waals surface area contributed by atoms with Gasteiger partial charge in [0.1, 0.15) is 10.6 Å². The molecule has 2 aromatic carbocycles. The summed E-state index contributed by atoms with van der Waals surface area (Å²) < 4.78 is 33.2. The lowest BCUT2D eigenvalue weighted by atomic mass is 10.1. The molecule has 1 saturated heterocycles. The highest BCUT2D eigenvalue weighted by atomic mass is 32.2. The van der Waals surface area contributed by atoms with Crippen LogP contribution in [0.25, 0.3) is 0 Å². The van der Waals surface area contributed by atoms with Gasteiger partial charge in [-0.3, -0.25) is 9.69 Å². The van der Waals surface area contributed by atoms with Gasteiger partial charge < -0.3 is 10.1 Å². The van der Waals surface area contributed by atoms with E-state index in [4.69, 9.17) is 4.74 Å². The number of aryl methyl sites for hydroxylation is 1. The lowest BCUT2D eigenvalue weighted by molar-refractivity contribution is 0.102. The van der Waals surface area contributed by atoms with Crippen LogP contribution in [-0.2, 0) is 16.6 Å². The highest BCUT2D eigenvalue weighted by Gasteiger charge is 2.23. The predicted octanol–water partition coefficient (Wildman–Crippen LogP) is 3.49. The number of carbonyl (C=O) groups excluding carboxylic acids is 1. The Labute approximate surface area is 195 Å². The van der Waals surface area contributed by atoms with Crippen molar-refractivity contribution in [2.75, 3.05) is 37.0 Å². The van der Waals surface area contributed by atoms with Crippen LogP contribution in [0.15, 0.2) is 41.3 Å². The van der Waals surface area contributed by atoms with Crippen molar-refractivity contribution in [3.05, 3.63) is 53.1 Å². The lowest BCUT2D eigenvalue weighted by Crippen LogP contribution is -2.32. The predicted molar refractivity (Wildman–Crippen MR) is 130 cm³/mol. The number of carbonyl (C=O) groups is 1. The minimum atomic E-state index is -3.82. The zero-order valence-electron chi connectivity index (χ0n) is 19.0. The summed E-state index contributed by atoms with van der Waals surface area (Å²) in [6.45, 7) is 8.38. The summed E-state index contributed by atoms with van der Waals surface area (Å²) in [5.41, 5.74) is 3.04. The monoisotopic (exact) mass is 477 g/mol. The minimum absolute atomic E-state index is 0.0604. The van der Waals surface area contributed by atoms with E-state index in [1.165, 1.54) is 19.2 Å². The van der Waals surface area contributed by atoms with Crippen molar-refractivity contribution in [2.24, 2.45) is 0 Å². The van der Waals surface area contributed by atoms with Crippen LogP contribution >= 0.6 is 11.8 Å². The first-order valence-electron chi connectivity index (χ1n) is 10.6. The summed E-state index contributed by atoms with van der Waals surface area (Å²) in [6.07, 6.45) is 0. The van der Waals surface area contributed by atoms with Gasteiger partial charge in [-0.15, -0.1) is 0 Å². The summed E-state index contributed by atoms with van der Waals surface area (Å²) >= 11 is 1.97. The van der Waals surface area contributed by atoms with E-state index in [1.54, 1.807) is 19.9 Å². The number of amides is 1. The van der Waals surface area contributed by atoms with Crippen molar-refractivity contribution in [1.82, 2.24) is 9.62 Å². The van der Waals surface area contributed by atoms with Gasteiger partial charge in [-0.1, -0.05) is 12.1 Å². The third-order valence-electron chi connectivity index (χ3n) is 5.17. The van der Waals surface area contributed by atoms with Gasteiger partial charge in [0.05, 0.1) is 7.11 Å². The molecule has 0 atom stereocenters. The highest BCUT2D eigenvalue weighted by Crippen LogP contribution is 2.26. The summed E-state index contributed by atoms with van der Waals surface area (Å²) in [5, 5.41) is 2.94. The molecule has 0 radical (unpaired) electrons. The molecule has 0 unspecified atom stereocenters. The number of anilines is 1. The fourth-order valence-corrected chi connectivity index (χ4v) is 5.94. The van der Waals surface area contributed by atoms with Crippen LogP contribution in [0.2, 0.25) is 0 Å². The molecule has 0 bridgehead atoms. The summed E-state index contributed by atoms with van der Waals surface area (Å²) in [7, 11) is -2.42. The average Bonchev–Trinajstić information content (AvgIpc) is 2.75. The van der Waals surface area contributed by atoms with Crippen molar-refractivity contribution in [3.63, 3.8) is 0 Å². The largest absolute Gasteiger partial charge is 0.495 e. The van der Waals surface area contributed by atoms with E-state index in [0.717, 1.165) is 48.0 Å². The first kappa shape index (κ1) is 24.6. The summed E-state index contributed by atoms with van der Waals surface area (Å²) in [6, 6.07) is 10.2. The molecule has 0 aliphatic carbocycles. The Balaban J connectivity index is 1.82. The second kappa shape index (κ2) is 10.7. The Morgan fingerprint density at radius 2 is 1.88 bits per heavy atom. The van der Waals surface area contributed by atoms with Crippen LogP contribution in [0.3, 0.4) is 0 Å². The number of nitrogens with zero attached hydrogens (tertiary/aromatic N) is 1. The molecule has 7 nitrogen and oxygen atoms in total. The number of methoxy groups -OCH3 is 1. The van der Waals surface area contributed by atoms with Crippen molar-refractivity contribution >= 4 is 33.4 Å². The first-order chi connectivity index (χ1) is 15.2. The van der Waals surface area contributed by atoms with Gasteiger partial charge >= 0.3 is 0 Å². The maximum atomic E-state index is 13.0. The molecule has 1 aliphatic heterocycles. The van der Waals surface area contributed by atoms with E-state index in [9.17, 15) is 13.2 Å². The Morgan fingerprint density at radius 1 is 1.16 bits per heavy atom. The number of hydrogen-bond donors (Lipinski definition) is 2. The molecule has 0 saturated carbocycles. The van der Waals surface area contributed by atoms with Crippen LogP contribution in [0.4, 0.5) is 5.69 Å². The number of ether oxygens (including phenoxy) is 1. The number of sulfonamides is 1. The number of benzene rings is 2. The van der Waals surface area contributed by atoms with Crippen LogP contribution in [-0.4, -0.2) is 57.0 Å². The van der Waals surface area contributed by atoms with E-state index in [1.807, 2.05) is 30.8 Å². The molecule has 32 heavy (non-hydrogen) atoms. The third kappa shape index (κ3) is 6.25. The van der Waals surface area contributed by atoms with Gasteiger partial charge in [-0.2, -0.15) is 11.8 Å². The number of nitrogens with one attached hydrogen (secondary N) is 2. The topological polar surface area (TPSA) is 87.7 Å². The van der Waals surface area contributed by atoms with Gasteiger partial charge in [0, 0.05) is 48.4 Å². The van der Waals surface area contributed by atoms with Crippen molar-refractivity contribution in [2.45, 2.75) is 38.3 Å². The van der Waals surface area contributed by atoms with Gasteiger partial charge in [-0.25, -0.2) is 13.1 Å². The van der Waals surface area contributed by atoms with Crippen molar-refractivity contribution in [1.29, 1.82) is 0 Å². The maximum absolute atomic E-state index is 13.0. The Hall–Kier alpha value is -2.07. The zero-order valence-corrected chi connectivity index (χ0v) is 20.6. The lowest BCUT2D eigenvalue weighted by Gasteiger charge is -2.26. The Kier molecular flexibility index (Phi) is 8.21. The second-order valence-electron chi connectivity index (χ2n) is 8.13. The molecular formula is C23H31N3O4S2. The molecule has 1 amide bonds. The van der Waals surface area contributed by atoms with E-state index < -0.39 is 10.0 Å². The average molecular weight is 478 g/mol. The molecule has 1 fully saturated rings. The SMILES string of the molecule is COc1ccc(C(=O)Nc2cc(CN3CCSCC3)ccc2C)cc1S(=O)(=O)NC(C)C. The quantitative estimate of drug-likeness (QED) is 0.605. The molecule has 3 rings (SSSR count). The molecular weight excluding hydrogens is 446 g/mol. The van der Waals surface area contributed by atoms with Crippen molar-refractivity contribution < 1.29 is 17.9 Å². The fourth-order valence-electron chi connectivity index (χ4n) is 3.52. The summed E-state index contributed by atoms with van der Waals surface area (Å²) in [5.74, 6) is 2.10. The molecule has 0 aromatic heterocycles. The zero-order chi connectivity index (χ0) is 23.3. The Morgan fingerprint density at radius 3 is 2.53 bits per heavy atom. The van der Waals surface area contributed by atoms with Gasteiger partial charge in [0.25, 0.3) is 5.91 Å². The fraction of sp³-hybridized carbons (Fsp3) is 0.435. The summed E-state index contributed by atoms with van der Waals surface area (Å²) in [4.78, 5) is 15.3. The highest BCUT2D eigenvalue weighted by molar-refractivity contribution is 7.99. The van der Waals surface area contributed by atoms with Crippen molar-refractivity contribution in [3.8, 4) is 5.75 Å². The van der Waals surface area contributed by atoms with E-state index >= 15 is 0 Å². The van der Waals surface area contributed by atoms with Crippen LogP contribution in [0.1, 0.15) is 35.3 Å². The first-order valence-corrected chi connectivity index (χ1v) is 13.2. The van der Waals surface area contributed by atoms with E-state index in [0.29, 0.717) is 0 Å². The molecule has 2 aromatic rings. The third-order valence-corrected chi connectivity index (χ3v) is 7.79. The maximum Gasteiger partial charge on any atom is 0.255 e. The molecule has 174 valence electrons. The standard InChI is InChI=1S/C23H31N3O4S2/c1-16(2)25-32(28,29)22-14-19(7-8-21(22)30-4)23(27)24-20-13-18(6-5-17(20)3)15-26-9-11-31-12-10-26/h5-8,13-14,16,25H,9-12,15H2,1-4H3,(H,24,27). The molecule has 1 heterocycles. The van der Waals surface area contributed by atoms with Gasteiger partial charge in [0.15, 0.2) is 0 Å². The van der Waals surface area contributed by atoms with Crippen LogP contribution < -0.4 is 14.8 Å². The number of hydrogen-bond acceptors (Lipinski definition) is 6. The molecule has 9 heteroatoms. The number of thioether (sulfide) groups is 1. The molecule has 0 spiro atoms. The molecule has 1 aliphatic rings. The number of rotatable bonds is 8. The van der Waals surface area contributed by atoms with Gasteiger partial charge in [-0.05, 0) is 56.2 Å². The van der Waals surface area contributed by atoms with Crippen LogP contribution in [0.5, 0.6) is 5.75 Å². The van der Waals surface area contributed by atoms with Gasteiger partial charge in [0.2, 0.25) is 10.0 Å². The van der Waals surface area contributed by atoms with E-state index in [-0.39, 0.29) is 28.2 Å². The normalized spacial score (nSPS) is 15.0. The van der Waals surface area contributed by atoms with Crippen LogP contribution in [0, 0.1) is 6.92 Å². The minimum Gasteiger partial charge on any atom is -0.495 e. The second-order valence-corrected chi connectivity index (χ2v) is 11.0. The van der Waals surface area contributed by atoms with E-state index in [2.05, 4.69) is 21.0 Å².